The van der Waals surface area contributed by atoms with E-state index < -0.39 is 11.8 Å². The highest BCUT2D eigenvalue weighted by molar-refractivity contribution is 14.1. The van der Waals surface area contributed by atoms with Crippen LogP contribution in [0.3, 0.4) is 0 Å². The van der Waals surface area contributed by atoms with Crippen molar-refractivity contribution in [3.63, 3.8) is 0 Å². The van der Waals surface area contributed by atoms with E-state index in [4.69, 9.17) is 4.74 Å². The second-order valence-electron chi connectivity index (χ2n) is 4.95. The van der Waals surface area contributed by atoms with Gasteiger partial charge in [-0.15, -0.1) is 5.10 Å². The van der Waals surface area contributed by atoms with Crippen molar-refractivity contribution in [2.24, 2.45) is 0 Å². The van der Waals surface area contributed by atoms with E-state index in [-0.39, 0.29) is 22.5 Å². The quantitative estimate of drug-likeness (QED) is 0.380. The lowest BCUT2D eigenvalue weighted by Gasteiger charge is -2.14. The SMILES string of the molecule is CC(=O)Oc1cc2nn[nH]c2c(F)c1Nc1ccc(I)cc1C. The number of fused-ring (bicyclic) bond motifs is 1. The Kier molecular flexibility index (Phi) is 4.16. The molecule has 0 saturated heterocycles. The summed E-state index contributed by atoms with van der Waals surface area (Å²) in [5.74, 6) is -1.09. The van der Waals surface area contributed by atoms with Crippen molar-refractivity contribution in [3.8, 4) is 5.75 Å². The summed E-state index contributed by atoms with van der Waals surface area (Å²) in [6.07, 6.45) is 0. The van der Waals surface area contributed by atoms with E-state index in [0.717, 1.165) is 9.13 Å². The van der Waals surface area contributed by atoms with Gasteiger partial charge in [0.25, 0.3) is 0 Å². The lowest BCUT2D eigenvalue weighted by atomic mass is 10.1. The molecule has 3 aromatic rings. The minimum Gasteiger partial charge on any atom is -0.424 e. The van der Waals surface area contributed by atoms with Crippen LogP contribution in [-0.4, -0.2) is 21.4 Å². The van der Waals surface area contributed by atoms with E-state index in [1.165, 1.54) is 13.0 Å². The molecule has 0 aliphatic carbocycles. The summed E-state index contributed by atoms with van der Waals surface area (Å²) in [6, 6.07) is 7.16. The van der Waals surface area contributed by atoms with Gasteiger partial charge in [-0.25, -0.2) is 4.39 Å². The molecular weight excluding hydrogens is 414 g/mol. The summed E-state index contributed by atoms with van der Waals surface area (Å²) in [5.41, 5.74) is 2.13. The van der Waals surface area contributed by atoms with Gasteiger partial charge >= 0.3 is 5.97 Å². The monoisotopic (exact) mass is 426 g/mol. The van der Waals surface area contributed by atoms with E-state index in [2.05, 4.69) is 43.3 Å². The van der Waals surface area contributed by atoms with Gasteiger partial charge < -0.3 is 10.1 Å². The molecule has 0 saturated carbocycles. The fourth-order valence-corrected chi connectivity index (χ4v) is 2.83. The fraction of sp³-hybridized carbons (Fsp3) is 0.133. The number of hydrogen-bond acceptors (Lipinski definition) is 5. The first-order valence-corrected chi connectivity index (χ1v) is 7.78. The van der Waals surface area contributed by atoms with Crippen LogP contribution in [0.2, 0.25) is 0 Å². The Bertz CT molecular complexity index is 910. The number of ether oxygens (including phenoxy) is 1. The Balaban J connectivity index is 2.13. The molecule has 3 rings (SSSR count). The molecule has 0 amide bonds. The summed E-state index contributed by atoms with van der Waals surface area (Å²) in [4.78, 5) is 11.3. The molecule has 0 unspecified atom stereocenters. The molecular formula is C15H12FIN4O2. The summed E-state index contributed by atoms with van der Waals surface area (Å²) in [7, 11) is 0. The Hall–Kier alpha value is -2.23. The number of hydrogen-bond donors (Lipinski definition) is 2. The van der Waals surface area contributed by atoms with E-state index in [9.17, 15) is 9.18 Å². The number of anilines is 2. The number of halogens is 2. The molecule has 6 nitrogen and oxygen atoms in total. The molecule has 0 spiro atoms. The minimum atomic E-state index is -0.610. The maximum Gasteiger partial charge on any atom is 0.308 e. The van der Waals surface area contributed by atoms with Gasteiger partial charge in [0, 0.05) is 22.2 Å². The zero-order chi connectivity index (χ0) is 16.6. The average Bonchev–Trinajstić information content (AvgIpc) is 2.93. The van der Waals surface area contributed by atoms with Crippen molar-refractivity contribution in [1.29, 1.82) is 0 Å². The molecule has 0 aliphatic heterocycles. The number of esters is 1. The van der Waals surface area contributed by atoms with E-state index >= 15 is 0 Å². The maximum atomic E-state index is 14.7. The molecule has 2 N–H and O–H groups in total. The number of nitrogens with one attached hydrogen (secondary N) is 2. The number of aromatic amines is 1. The third-order valence-corrected chi connectivity index (χ3v) is 3.90. The molecule has 0 atom stereocenters. The predicted molar refractivity (Wildman–Crippen MR) is 92.3 cm³/mol. The molecule has 0 bridgehead atoms. The second kappa shape index (κ2) is 6.11. The van der Waals surface area contributed by atoms with Crippen LogP contribution < -0.4 is 10.1 Å². The largest absolute Gasteiger partial charge is 0.424 e. The van der Waals surface area contributed by atoms with Gasteiger partial charge in [-0.05, 0) is 53.3 Å². The molecule has 0 aliphatic rings. The molecule has 23 heavy (non-hydrogen) atoms. The number of H-pyrrole nitrogens is 1. The Labute approximate surface area is 144 Å². The molecule has 0 fully saturated rings. The molecule has 0 radical (unpaired) electrons. The van der Waals surface area contributed by atoms with Crippen molar-refractivity contribution in [2.45, 2.75) is 13.8 Å². The van der Waals surface area contributed by atoms with Crippen LogP contribution >= 0.6 is 22.6 Å². The summed E-state index contributed by atoms with van der Waals surface area (Å²) in [6.45, 7) is 3.16. The third kappa shape index (κ3) is 3.11. The first-order valence-electron chi connectivity index (χ1n) is 6.70. The summed E-state index contributed by atoms with van der Waals surface area (Å²) in [5, 5.41) is 12.8. The van der Waals surface area contributed by atoms with Crippen LogP contribution in [0.5, 0.6) is 5.75 Å². The Morgan fingerprint density at radius 2 is 2.17 bits per heavy atom. The number of nitrogens with zero attached hydrogens (tertiary/aromatic N) is 2. The van der Waals surface area contributed by atoms with Crippen LogP contribution in [0.25, 0.3) is 11.0 Å². The van der Waals surface area contributed by atoms with Crippen LogP contribution in [0.4, 0.5) is 15.8 Å². The van der Waals surface area contributed by atoms with Crippen LogP contribution in [0, 0.1) is 16.3 Å². The maximum absolute atomic E-state index is 14.7. The third-order valence-electron chi connectivity index (χ3n) is 3.23. The van der Waals surface area contributed by atoms with Gasteiger partial charge in [0.15, 0.2) is 11.6 Å². The van der Waals surface area contributed by atoms with Gasteiger partial charge in [-0.2, -0.15) is 0 Å². The first-order chi connectivity index (χ1) is 11.0. The summed E-state index contributed by atoms with van der Waals surface area (Å²) >= 11 is 2.20. The van der Waals surface area contributed by atoms with Gasteiger partial charge in [-0.1, -0.05) is 5.21 Å². The van der Waals surface area contributed by atoms with E-state index in [1.807, 2.05) is 25.1 Å². The zero-order valence-corrected chi connectivity index (χ0v) is 14.4. The topological polar surface area (TPSA) is 79.9 Å². The lowest BCUT2D eigenvalue weighted by Crippen LogP contribution is -2.06. The molecule has 2 aromatic carbocycles. The highest BCUT2D eigenvalue weighted by Crippen LogP contribution is 2.36. The number of aryl methyl sites for hydroxylation is 1. The highest BCUT2D eigenvalue weighted by atomic mass is 127. The fourth-order valence-electron chi connectivity index (χ4n) is 2.18. The van der Waals surface area contributed by atoms with E-state index in [0.29, 0.717) is 5.69 Å². The minimum absolute atomic E-state index is 0.0584. The molecule has 1 aromatic heterocycles. The smallest absolute Gasteiger partial charge is 0.308 e. The number of benzene rings is 2. The van der Waals surface area contributed by atoms with Gasteiger partial charge in [0.1, 0.15) is 16.7 Å². The zero-order valence-electron chi connectivity index (χ0n) is 12.3. The standard InChI is InChI=1S/C15H12FIN4O2/c1-7-5-9(17)3-4-10(7)18-15-12(23-8(2)22)6-11-14(13(15)16)20-21-19-11/h3-6,18H,1-2H3,(H,19,20,21). The second-order valence-corrected chi connectivity index (χ2v) is 6.19. The van der Waals surface area contributed by atoms with Crippen molar-refractivity contribution in [1.82, 2.24) is 15.4 Å². The molecule has 118 valence electrons. The van der Waals surface area contributed by atoms with Crippen molar-refractivity contribution < 1.29 is 13.9 Å². The predicted octanol–water partition coefficient (Wildman–Crippen LogP) is 3.68. The highest BCUT2D eigenvalue weighted by Gasteiger charge is 2.19. The van der Waals surface area contributed by atoms with Crippen molar-refractivity contribution in [3.05, 3.63) is 39.2 Å². The molecule has 1 heterocycles. The first kappa shape index (κ1) is 15.7. The van der Waals surface area contributed by atoms with Crippen LogP contribution in [0.1, 0.15) is 12.5 Å². The van der Waals surface area contributed by atoms with Crippen LogP contribution in [0.15, 0.2) is 24.3 Å². The number of carbonyl (C=O) groups is 1. The van der Waals surface area contributed by atoms with E-state index in [1.54, 1.807) is 0 Å². The van der Waals surface area contributed by atoms with Crippen LogP contribution in [-0.2, 0) is 4.79 Å². The number of aromatic nitrogens is 3. The lowest BCUT2D eigenvalue weighted by molar-refractivity contribution is -0.131. The Morgan fingerprint density at radius 3 is 2.87 bits per heavy atom. The average molecular weight is 426 g/mol. The van der Waals surface area contributed by atoms with Crippen molar-refractivity contribution in [2.75, 3.05) is 5.32 Å². The summed E-state index contributed by atoms with van der Waals surface area (Å²) < 4.78 is 20.9. The van der Waals surface area contributed by atoms with Gasteiger partial charge in [0.2, 0.25) is 0 Å². The molecule has 8 heteroatoms. The number of rotatable bonds is 3. The Morgan fingerprint density at radius 1 is 1.39 bits per heavy atom. The normalized spacial score (nSPS) is 10.8. The number of carbonyl (C=O) groups excluding carboxylic acids is 1. The van der Waals surface area contributed by atoms with Gasteiger partial charge in [0.05, 0.1) is 0 Å². The van der Waals surface area contributed by atoms with Crippen molar-refractivity contribution >= 4 is 51.0 Å². The van der Waals surface area contributed by atoms with Gasteiger partial charge in [-0.3, -0.25) is 9.89 Å².